The molecule has 0 atom stereocenters. The highest BCUT2D eigenvalue weighted by molar-refractivity contribution is 8.18. The Balaban J connectivity index is 1.37. The maximum absolute atomic E-state index is 12.7. The molecule has 1 fully saturated rings. The Morgan fingerprint density at radius 1 is 1.06 bits per heavy atom. The molecule has 4 aromatic rings. The van der Waals surface area contributed by atoms with Crippen LogP contribution in [-0.4, -0.2) is 28.2 Å². The molecule has 1 saturated heterocycles. The standard InChI is InChI=1S/C28H24N4O3S/c1-2-35-22-14-12-21(13-15-22)30-28-31-27(34)25(36-28)16-19-17-32(24-11-7-6-10-23(19)24)18-26(33)29-20-8-4-3-5-9-20/h3-17H,2,18H2,1H3,(H,29,33)(H,30,31,34)/b25-16+. The van der Waals surface area contributed by atoms with E-state index in [1.807, 2.05) is 103 Å². The number of rotatable bonds is 7. The lowest BCUT2D eigenvalue weighted by Gasteiger charge is -2.07. The van der Waals surface area contributed by atoms with Crippen LogP contribution in [0.1, 0.15) is 12.5 Å². The van der Waals surface area contributed by atoms with Crippen molar-refractivity contribution < 1.29 is 14.3 Å². The van der Waals surface area contributed by atoms with E-state index in [2.05, 4.69) is 15.6 Å². The number of hydrogen-bond donors (Lipinski definition) is 2. The van der Waals surface area contributed by atoms with Gasteiger partial charge in [0.1, 0.15) is 12.3 Å². The molecule has 0 aliphatic carbocycles. The monoisotopic (exact) mass is 496 g/mol. The van der Waals surface area contributed by atoms with Gasteiger partial charge in [0.25, 0.3) is 5.91 Å². The van der Waals surface area contributed by atoms with Gasteiger partial charge in [-0.05, 0) is 67.2 Å². The van der Waals surface area contributed by atoms with Crippen LogP contribution >= 0.6 is 11.8 Å². The number of thioether (sulfide) groups is 1. The first kappa shape index (κ1) is 23.4. The average Bonchev–Trinajstić information content (AvgIpc) is 3.40. The van der Waals surface area contributed by atoms with E-state index in [9.17, 15) is 9.59 Å². The number of para-hydroxylation sites is 2. The smallest absolute Gasteiger partial charge is 0.264 e. The number of anilines is 1. The fourth-order valence-corrected chi connectivity index (χ4v) is 4.75. The van der Waals surface area contributed by atoms with Gasteiger partial charge in [0, 0.05) is 28.4 Å². The molecule has 5 rings (SSSR count). The summed E-state index contributed by atoms with van der Waals surface area (Å²) in [6, 6.07) is 24.6. The van der Waals surface area contributed by atoms with E-state index >= 15 is 0 Å². The van der Waals surface area contributed by atoms with Crippen molar-refractivity contribution in [1.82, 2.24) is 9.88 Å². The number of benzene rings is 3. The summed E-state index contributed by atoms with van der Waals surface area (Å²) in [5.74, 6) is 0.446. The van der Waals surface area contributed by atoms with Crippen molar-refractivity contribution in [2.75, 3.05) is 11.9 Å². The number of fused-ring (bicyclic) bond motifs is 1. The number of nitrogens with zero attached hydrogens (tertiary/aromatic N) is 2. The highest BCUT2D eigenvalue weighted by atomic mass is 32.2. The molecule has 0 unspecified atom stereocenters. The lowest BCUT2D eigenvalue weighted by molar-refractivity contribution is -0.117. The summed E-state index contributed by atoms with van der Waals surface area (Å²) in [6.45, 7) is 2.69. The van der Waals surface area contributed by atoms with Crippen molar-refractivity contribution in [2.45, 2.75) is 13.5 Å². The van der Waals surface area contributed by atoms with Crippen LogP contribution in [0.5, 0.6) is 5.75 Å². The molecule has 3 aromatic carbocycles. The van der Waals surface area contributed by atoms with Crippen LogP contribution in [0.3, 0.4) is 0 Å². The van der Waals surface area contributed by atoms with Gasteiger partial charge in [-0.1, -0.05) is 36.4 Å². The molecule has 1 aliphatic rings. The van der Waals surface area contributed by atoms with Gasteiger partial charge >= 0.3 is 0 Å². The van der Waals surface area contributed by atoms with Gasteiger partial charge < -0.3 is 19.9 Å². The summed E-state index contributed by atoms with van der Waals surface area (Å²) in [5, 5.41) is 7.22. The SMILES string of the molecule is CCOc1ccc(N=C2NC(=O)/C(=C\c3cn(CC(=O)Nc4ccccc4)c4ccccc34)S2)cc1. The summed E-state index contributed by atoms with van der Waals surface area (Å²) in [7, 11) is 0. The van der Waals surface area contributed by atoms with Gasteiger partial charge in [0.05, 0.1) is 17.2 Å². The van der Waals surface area contributed by atoms with Crippen LogP contribution in [-0.2, 0) is 16.1 Å². The van der Waals surface area contributed by atoms with Gasteiger partial charge in [-0.2, -0.15) is 0 Å². The predicted molar refractivity (Wildman–Crippen MR) is 145 cm³/mol. The van der Waals surface area contributed by atoms with Crippen molar-refractivity contribution in [2.24, 2.45) is 4.99 Å². The van der Waals surface area contributed by atoms with Crippen molar-refractivity contribution in [1.29, 1.82) is 0 Å². The molecular formula is C28H24N4O3S. The third kappa shape index (κ3) is 5.34. The Morgan fingerprint density at radius 3 is 2.58 bits per heavy atom. The first-order valence-corrected chi connectivity index (χ1v) is 12.4. The Bertz CT molecular complexity index is 1470. The van der Waals surface area contributed by atoms with Crippen molar-refractivity contribution >= 4 is 57.1 Å². The number of amidine groups is 1. The molecule has 2 N–H and O–H groups in total. The summed E-state index contributed by atoms with van der Waals surface area (Å²) in [5.41, 5.74) is 3.25. The Kier molecular flexibility index (Phi) is 6.86. The van der Waals surface area contributed by atoms with Gasteiger partial charge in [-0.15, -0.1) is 0 Å². The molecule has 0 radical (unpaired) electrons. The molecule has 1 aromatic heterocycles. The third-order valence-corrected chi connectivity index (χ3v) is 6.42. The van der Waals surface area contributed by atoms with E-state index in [1.165, 1.54) is 11.8 Å². The molecular weight excluding hydrogens is 472 g/mol. The molecule has 8 heteroatoms. The number of carbonyl (C=O) groups excluding carboxylic acids is 2. The second-order valence-corrected chi connectivity index (χ2v) is 9.08. The Hall–Kier alpha value is -4.30. The number of hydrogen-bond acceptors (Lipinski definition) is 5. The van der Waals surface area contributed by atoms with E-state index in [0.717, 1.165) is 33.6 Å². The molecule has 36 heavy (non-hydrogen) atoms. The van der Waals surface area contributed by atoms with Crippen LogP contribution in [0, 0.1) is 0 Å². The molecule has 1 aliphatic heterocycles. The molecule has 2 amide bonds. The molecule has 0 saturated carbocycles. The molecule has 7 nitrogen and oxygen atoms in total. The quantitative estimate of drug-likeness (QED) is 0.328. The van der Waals surface area contributed by atoms with E-state index in [-0.39, 0.29) is 18.4 Å². The summed E-state index contributed by atoms with van der Waals surface area (Å²) in [4.78, 5) is 30.4. The van der Waals surface area contributed by atoms with E-state index in [1.54, 1.807) is 0 Å². The van der Waals surface area contributed by atoms with E-state index in [0.29, 0.717) is 16.7 Å². The summed E-state index contributed by atoms with van der Waals surface area (Å²) in [6.07, 6.45) is 3.74. The minimum atomic E-state index is -0.205. The second kappa shape index (κ2) is 10.5. The minimum absolute atomic E-state index is 0.126. The van der Waals surface area contributed by atoms with Crippen LogP contribution in [0.15, 0.2) is 95.0 Å². The lowest BCUT2D eigenvalue weighted by Crippen LogP contribution is -2.19. The molecule has 0 bridgehead atoms. The number of aromatic nitrogens is 1. The number of carbonyl (C=O) groups is 2. The zero-order valence-electron chi connectivity index (χ0n) is 19.6. The maximum atomic E-state index is 12.7. The Labute approximate surface area is 212 Å². The van der Waals surface area contributed by atoms with Gasteiger partial charge in [0.15, 0.2) is 5.17 Å². The molecule has 2 heterocycles. The van der Waals surface area contributed by atoms with Crippen LogP contribution < -0.4 is 15.4 Å². The number of nitrogens with one attached hydrogen (secondary N) is 2. The predicted octanol–water partition coefficient (Wildman–Crippen LogP) is 5.57. The van der Waals surface area contributed by atoms with Crippen LogP contribution in [0.2, 0.25) is 0 Å². The fraction of sp³-hybridized carbons (Fsp3) is 0.107. The Morgan fingerprint density at radius 2 is 1.81 bits per heavy atom. The average molecular weight is 497 g/mol. The largest absolute Gasteiger partial charge is 0.494 e. The maximum Gasteiger partial charge on any atom is 0.264 e. The number of ether oxygens (including phenoxy) is 1. The van der Waals surface area contributed by atoms with E-state index < -0.39 is 0 Å². The third-order valence-electron chi connectivity index (χ3n) is 5.51. The van der Waals surface area contributed by atoms with Crippen molar-refractivity contribution in [3.63, 3.8) is 0 Å². The lowest BCUT2D eigenvalue weighted by atomic mass is 10.1. The fourth-order valence-electron chi connectivity index (χ4n) is 3.92. The van der Waals surface area contributed by atoms with Gasteiger partial charge in [-0.25, -0.2) is 4.99 Å². The zero-order valence-corrected chi connectivity index (χ0v) is 20.4. The van der Waals surface area contributed by atoms with Crippen LogP contribution in [0.25, 0.3) is 17.0 Å². The van der Waals surface area contributed by atoms with Crippen LogP contribution in [0.4, 0.5) is 11.4 Å². The minimum Gasteiger partial charge on any atom is -0.494 e. The van der Waals surface area contributed by atoms with Crippen molar-refractivity contribution in [3.05, 3.63) is 95.5 Å². The summed E-state index contributed by atoms with van der Waals surface area (Å²) < 4.78 is 7.36. The van der Waals surface area contributed by atoms with Crippen molar-refractivity contribution in [3.8, 4) is 5.75 Å². The van der Waals surface area contributed by atoms with Gasteiger partial charge in [0.2, 0.25) is 5.91 Å². The molecule has 0 spiro atoms. The molecule has 180 valence electrons. The van der Waals surface area contributed by atoms with Gasteiger partial charge in [-0.3, -0.25) is 9.59 Å². The zero-order chi connectivity index (χ0) is 24.9. The van der Waals surface area contributed by atoms with E-state index in [4.69, 9.17) is 4.74 Å². The normalized spacial score (nSPS) is 15.4. The highest BCUT2D eigenvalue weighted by Crippen LogP contribution is 2.31. The number of amides is 2. The topological polar surface area (TPSA) is 84.7 Å². The highest BCUT2D eigenvalue weighted by Gasteiger charge is 2.24. The number of aliphatic imine (C=N–C) groups is 1. The summed E-state index contributed by atoms with van der Waals surface area (Å²) >= 11 is 1.29. The first-order chi connectivity index (χ1) is 17.6. The first-order valence-electron chi connectivity index (χ1n) is 11.5. The second-order valence-electron chi connectivity index (χ2n) is 8.05.